The number of hydrogen-bond acceptors (Lipinski definition) is 3. The van der Waals surface area contributed by atoms with Crippen molar-refractivity contribution in [2.45, 2.75) is 12.8 Å². The second kappa shape index (κ2) is 6.90. The summed E-state index contributed by atoms with van der Waals surface area (Å²) < 4.78 is 0. The van der Waals surface area contributed by atoms with Gasteiger partial charge in [-0.3, -0.25) is 4.89 Å². The third-order valence-electron chi connectivity index (χ3n) is 2.81. The van der Waals surface area contributed by atoms with Crippen molar-refractivity contribution in [3.8, 4) is 0 Å². The van der Waals surface area contributed by atoms with Gasteiger partial charge in [-0.1, -0.05) is 42.5 Å². The molecule has 1 atom stereocenters. The molecule has 0 fully saturated rings. The molecular formula is C14H15NaO3. The monoisotopic (exact) mass is 254 g/mol. The van der Waals surface area contributed by atoms with Gasteiger partial charge in [0.1, 0.15) is 0 Å². The molecule has 0 radical (unpaired) electrons. The van der Waals surface area contributed by atoms with E-state index in [1.807, 2.05) is 49.4 Å². The Bertz CT molecular complexity index is 534. The molecule has 1 unspecified atom stereocenters. The molecule has 2 aromatic carbocycles. The zero-order valence-corrected chi connectivity index (χ0v) is 9.84. The molecule has 3 nitrogen and oxygen atoms in total. The Morgan fingerprint density at radius 3 is 2.50 bits per heavy atom. The van der Waals surface area contributed by atoms with Crippen LogP contribution in [0.5, 0.6) is 0 Å². The molecule has 0 heterocycles. The molecular weight excluding hydrogens is 239 g/mol. The molecule has 18 heavy (non-hydrogen) atoms. The fraction of sp³-hybridized carbons (Fsp3) is 0.214. The summed E-state index contributed by atoms with van der Waals surface area (Å²) in [4.78, 5) is 20.6. The quantitative estimate of drug-likeness (QED) is 0.479. The predicted molar refractivity (Wildman–Crippen MR) is 72.6 cm³/mol. The van der Waals surface area contributed by atoms with E-state index in [0.717, 1.165) is 16.3 Å². The number of carbonyl (C=O) groups excluding carboxylic acids is 1. The van der Waals surface area contributed by atoms with Crippen molar-refractivity contribution in [1.82, 2.24) is 0 Å². The van der Waals surface area contributed by atoms with Gasteiger partial charge in [-0.05, 0) is 23.3 Å². The van der Waals surface area contributed by atoms with Crippen LogP contribution in [0, 0.1) is 0 Å². The van der Waals surface area contributed by atoms with Crippen molar-refractivity contribution in [2.24, 2.45) is 0 Å². The molecule has 0 aliphatic heterocycles. The van der Waals surface area contributed by atoms with Crippen LogP contribution in [0.15, 0.2) is 42.5 Å². The Labute approximate surface area is 128 Å². The van der Waals surface area contributed by atoms with Crippen LogP contribution in [-0.2, 0) is 14.6 Å². The summed E-state index contributed by atoms with van der Waals surface area (Å²) in [7, 11) is 1.33. The molecule has 0 spiro atoms. The fourth-order valence-corrected chi connectivity index (χ4v) is 1.91. The molecule has 0 aliphatic rings. The average molecular weight is 254 g/mol. The van der Waals surface area contributed by atoms with Gasteiger partial charge in [0, 0.05) is 0 Å². The number of fused-ring (bicyclic) bond motifs is 1. The molecule has 0 saturated heterocycles. The fourth-order valence-electron chi connectivity index (χ4n) is 1.91. The van der Waals surface area contributed by atoms with Gasteiger partial charge < -0.3 is 0 Å². The summed E-state index contributed by atoms with van der Waals surface area (Å²) in [5.41, 5.74) is 0.949. The summed E-state index contributed by atoms with van der Waals surface area (Å²) in [6.07, 6.45) is 0. The first-order valence-corrected chi connectivity index (χ1v) is 5.46. The van der Waals surface area contributed by atoms with E-state index in [-0.39, 0.29) is 41.4 Å². The standard InChI is InChI=1S/C14H14O3.Na.H/c1-10(14(15)17-16-2)12-9-5-7-11-6-3-4-8-13(11)12;;/h3-10H,1-2H3;;. The molecule has 0 amide bonds. The van der Waals surface area contributed by atoms with Crippen molar-refractivity contribution < 1.29 is 14.6 Å². The van der Waals surface area contributed by atoms with Crippen LogP contribution in [0.2, 0.25) is 0 Å². The number of rotatable bonds is 3. The minimum absolute atomic E-state index is 0. The van der Waals surface area contributed by atoms with E-state index in [9.17, 15) is 4.79 Å². The van der Waals surface area contributed by atoms with Gasteiger partial charge in [0.15, 0.2) is 0 Å². The van der Waals surface area contributed by atoms with Gasteiger partial charge >= 0.3 is 35.5 Å². The van der Waals surface area contributed by atoms with Gasteiger partial charge in [0.05, 0.1) is 13.0 Å². The van der Waals surface area contributed by atoms with Crippen molar-refractivity contribution in [3.63, 3.8) is 0 Å². The summed E-state index contributed by atoms with van der Waals surface area (Å²) in [6, 6.07) is 13.9. The van der Waals surface area contributed by atoms with E-state index in [2.05, 4.69) is 9.78 Å². The van der Waals surface area contributed by atoms with Crippen molar-refractivity contribution in [2.75, 3.05) is 7.11 Å². The topological polar surface area (TPSA) is 35.5 Å². The van der Waals surface area contributed by atoms with Crippen LogP contribution in [-0.4, -0.2) is 42.6 Å². The molecule has 4 heteroatoms. The molecule has 0 aromatic heterocycles. The Hall–Kier alpha value is -0.870. The average Bonchev–Trinajstić information content (AvgIpc) is 2.37. The van der Waals surface area contributed by atoms with E-state index < -0.39 is 0 Å². The second-order valence-corrected chi connectivity index (χ2v) is 3.86. The van der Waals surface area contributed by atoms with Gasteiger partial charge in [-0.25, -0.2) is 4.79 Å². The predicted octanol–water partition coefficient (Wildman–Crippen LogP) is 2.40. The van der Waals surface area contributed by atoms with Crippen LogP contribution < -0.4 is 0 Å². The van der Waals surface area contributed by atoms with E-state index in [4.69, 9.17) is 0 Å². The van der Waals surface area contributed by atoms with Crippen molar-refractivity contribution in [3.05, 3.63) is 48.0 Å². The van der Waals surface area contributed by atoms with E-state index in [1.54, 1.807) is 0 Å². The van der Waals surface area contributed by atoms with Crippen LogP contribution in [0.3, 0.4) is 0 Å². The third-order valence-corrected chi connectivity index (χ3v) is 2.81. The Kier molecular flexibility index (Phi) is 5.82. The molecule has 0 aliphatic carbocycles. The van der Waals surface area contributed by atoms with Gasteiger partial charge in [0.2, 0.25) is 0 Å². The van der Waals surface area contributed by atoms with Crippen LogP contribution in [0.4, 0.5) is 0 Å². The van der Waals surface area contributed by atoms with Crippen molar-refractivity contribution >= 4 is 46.3 Å². The van der Waals surface area contributed by atoms with Crippen LogP contribution >= 0.6 is 0 Å². The van der Waals surface area contributed by atoms with E-state index in [1.165, 1.54) is 7.11 Å². The molecule has 0 bridgehead atoms. The molecule has 0 saturated carbocycles. The second-order valence-electron chi connectivity index (χ2n) is 3.86. The SMILES string of the molecule is COOC(=O)C(C)c1cccc2ccccc12.[NaH]. The first-order valence-electron chi connectivity index (χ1n) is 5.46. The number of benzene rings is 2. The zero-order valence-electron chi connectivity index (χ0n) is 9.84. The molecule has 90 valence electrons. The summed E-state index contributed by atoms with van der Waals surface area (Å²) in [6.45, 7) is 1.81. The molecule has 0 N–H and O–H groups in total. The minimum atomic E-state index is -0.385. The Morgan fingerprint density at radius 2 is 1.78 bits per heavy atom. The zero-order chi connectivity index (χ0) is 12.3. The van der Waals surface area contributed by atoms with Gasteiger partial charge in [-0.15, -0.1) is 0 Å². The molecule has 2 aromatic rings. The maximum atomic E-state index is 11.6. The van der Waals surface area contributed by atoms with E-state index >= 15 is 0 Å². The summed E-state index contributed by atoms with van der Waals surface area (Å²) in [5, 5.41) is 2.18. The van der Waals surface area contributed by atoms with Crippen LogP contribution in [0.1, 0.15) is 18.4 Å². The summed E-state index contributed by atoms with van der Waals surface area (Å²) in [5.74, 6) is -0.732. The molecule has 2 rings (SSSR count). The number of carbonyl (C=O) groups is 1. The maximum absolute atomic E-state index is 11.6. The van der Waals surface area contributed by atoms with E-state index in [0.29, 0.717) is 0 Å². The Balaban J connectivity index is 0.00000162. The Morgan fingerprint density at radius 1 is 1.11 bits per heavy atom. The van der Waals surface area contributed by atoms with Crippen LogP contribution in [0.25, 0.3) is 10.8 Å². The van der Waals surface area contributed by atoms with Crippen molar-refractivity contribution in [1.29, 1.82) is 0 Å². The van der Waals surface area contributed by atoms with Gasteiger partial charge in [-0.2, -0.15) is 4.89 Å². The first-order chi connectivity index (χ1) is 8.24. The first kappa shape index (κ1) is 15.2. The summed E-state index contributed by atoms with van der Waals surface area (Å²) >= 11 is 0. The number of hydrogen-bond donors (Lipinski definition) is 0. The van der Waals surface area contributed by atoms with Gasteiger partial charge in [0.25, 0.3) is 0 Å². The normalized spacial score (nSPS) is 11.7. The third kappa shape index (κ3) is 3.12.